The number of nitrogens with one attached hydrogen (secondary N) is 1. The summed E-state index contributed by atoms with van der Waals surface area (Å²) < 4.78 is 1.03. The van der Waals surface area contributed by atoms with Gasteiger partial charge in [0.25, 0.3) is 0 Å². The monoisotopic (exact) mass is 272 g/mol. The van der Waals surface area contributed by atoms with E-state index in [1.165, 1.54) is 0 Å². The van der Waals surface area contributed by atoms with Crippen LogP contribution in [0.4, 0.5) is 0 Å². The van der Waals surface area contributed by atoms with Crippen LogP contribution in [-0.2, 0) is 6.42 Å². The highest BCUT2D eigenvalue weighted by Crippen LogP contribution is 2.28. The molecule has 0 spiro atoms. The van der Waals surface area contributed by atoms with Crippen LogP contribution in [0.2, 0.25) is 0 Å². The highest BCUT2D eigenvalue weighted by molar-refractivity contribution is 9.11. The van der Waals surface area contributed by atoms with Crippen molar-refractivity contribution in [2.24, 2.45) is 0 Å². The summed E-state index contributed by atoms with van der Waals surface area (Å²) in [6, 6.07) is 3.85. The Bertz CT molecular complexity index is 399. The van der Waals surface area contributed by atoms with Crippen molar-refractivity contribution in [2.75, 3.05) is 0 Å². The normalized spacial score (nSPS) is 13.0. The number of hydrogen-bond acceptors (Lipinski definition) is 3. The lowest BCUT2D eigenvalue weighted by Crippen LogP contribution is -2.00. The first-order valence-electron chi connectivity index (χ1n) is 4.17. The SMILES string of the molecule is OC(Cc1ncc[nH]1)c1ccc(Br)s1. The van der Waals surface area contributed by atoms with E-state index in [4.69, 9.17) is 0 Å². The molecule has 3 nitrogen and oxygen atoms in total. The van der Waals surface area contributed by atoms with Gasteiger partial charge in [-0.1, -0.05) is 0 Å². The molecule has 1 unspecified atom stereocenters. The van der Waals surface area contributed by atoms with E-state index in [1.807, 2.05) is 12.1 Å². The van der Waals surface area contributed by atoms with Gasteiger partial charge >= 0.3 is 0 Å². The summed E-state index contributed by atoms with van der Waals surface area (Å²) in [5.41, 5.74) is 0. The van der Waals surface area contributed by atoms with E-state index in [-0.39, 0.29) is 0 Å². The highest BCUT2D eigenvalue weighted by Gasteiger charge is 2.11. The number of thiophene rings is 1. The number of aromatic nitrogens is 2. The van der Waals surface area contributed by atoms with Gasteiger partial charge in [-0.15, -0.1) is 11.3 Å². The lowest BCUT2D eigenvalue weighted by atomic mass is 10.2. The Hall–Kier alpha value is -0.650. The van der Waals surface area contributed by atoms with Gasteiger partial charge < -0.3 is 10.1 Å². The fraction of sp³-hybridized carbons (Fsp3) is 0.222. The molecular weight excluding hydrogens is 264 g/mol. The minimum Gasteiger partial charge on any atom is -0.387 e. The van der Waals surface area contributed by atoms with Gasteiger partial charge in [0.15, 0.2) is 0 Å². The van der Waals surface area contributed by atoms with Gasteiger partial charge in [-0.05, 0) is 28.1 Å². The van der Waals surface area contributed by atoms with Crippen LogP contribution in [0.5, 0.6) is 0 Å². The molecule has 5 heteroatoms. The summed E-state index contributed by atoms with van der Waals surface area (Å²) in [5, 5.41) is 9.84. The molecule has 0 aromatic carbocycles. The smallest absolute Gasteiger partial charge is 0.108 e. The first-order chi connectivity index (χ1) is 6.75. The maximum atomic E-state index is 9.84. The Morgan fingerprint density at radius 1 is 1.57 bits per heavy atom. The topological polar surface area (TPSA) is 48.9 Å². The predicted molar refractivity (Wildman–Crippen MR) is 59.3 cm³/mol. The van der Waals surface area contributed by atoms with Crippen molar-refractivity contribution in [3.8, 4) is 0 Å². The molecule has 0 amide bonds. The third-order valence-corrected chi connectivity index (χ3v) is 3.59. The minimum atomic E-state index is -0.475. The molecule has 0 aliphatic heterocycles. The van der Waals surface area contributed by atoms with Crippen LogP contribution in [0.3, 0.4) is 0 Å². The number of aliphatic hydroxyl groups excluding tert-OH is 1. The van der Waals surface area contributed by atoms with Gasteiger partial charge in [0.1, 0.15) is 5.82 Å². The van der Waals surface area contributed by atoms with Crippen molar-refractivity contribution in [3.63, 3.8) is 0 Å². The van der Waals surface area contributed by atoms with Crippen molar-refractivity contribution in [1.82, 2.24) is 9.97 Å². The molecule has 0 aliphatic carbocycles. The zero-order chi connectivity index (χ0) is 9.97. The molecule has 2 aromatic heterocycles. The van der Waals surface area contributed by atoms with Crippen LogP contribution in [0, 0.1) is 0 Å². The van der Waals surface area contributed by atoms with E-state index in [0.29, 0.717) is 6.42 Å². The number of imidazole rings is 1. The molecular formula is C9H9BrN2OS. The molecule has 1 atom stereocenters. The lowest BCUT2D eigenvalue weighted by molar-refractivity contribution is 0.180. The maximum absolute atomic E-state index is 9.84. The molecule has 2 aromatic rings. The molecule has 0 aliphatic rings. The summed E-state index contributed by atoms with van der Waals surface area (Å²) in [5.74, 6) is 0.807. The van der Waals surface area contributed by atoms with E-state index >= 15 is 0 Å². The van der Waals surface area contributed by atoms with Crippen LogP contribution in [-0.4, -0.2) is 15.1 Å². The number of hydrogen-bond donors (Lipinski definition) is 2. The Morgan fingerprint density at radius 2 is 2.43 bits per heavy atom. The average molecular weight is 273 g/mol. The van der Waals surface area contributed by atoms with Crippen LogP contribution in [0.15, 0.2) is 28.3 Å². The molecule has 0 bridgehead atoms. The Morgan fingerprint density at radius 3 is 3.00 bits per heavy atom. The number of halogens is 1. The summed E-state index contributed by atoms with van der Waals surface area (Å²) in [4.78, 5) is 7.98. The van der Waals surface area contributed by atoms with E-state index in [1.54, 1.807) is 23.7 Å². The first-order valence-corrected chi connectivity index (χ1v) is 5.78. The highest BCUT2D eigenvalue weighted by atomic mass is 79.9. The summed E-state index contributed by atoms with van der Waals surface area (Å²) >= 11 is 4.91. The van der Waals surface area contributed by atoms with Gasteiger partial charge in [0.05, 0.1) is 9.89 Å². The predicted octanol–water partition coefficient (Wildman–Crippen LogP) is 2.51. The Kier molecular flexibility index (Phi) is 3.00. The molecule has 74 valence electrons. The number of aromatic amines is 1. The van der Waals surface area contributed by atoms with Crippen molar-refractivity contribution >= 4 is 27.3 Å². The van der Waals surface area contributed by atoms with Gasteiger partial charge in [-0.3, -0.25) is 0 Å². The quantitative estimate of drug-likeness (QED) is 0.902. The first kappa shape index (κ1) is 9.89. The van der Waals surface area contributed by atoms with Crippen molar-refractivity contribution < 1.29 is 5.11 Å². The van der Waals surface area contributed by atoms with Crippen molar-refractivity contribution in [1.29, 1.82) is 0 Å². The van der Waals surface area contributed by atoms with E-state index in [2.05, 4.69) is 25.9 Å². The van der Waals surface area contributed by atoms with Crippen molar-refractivity contribution in [2.45, 2.75) is 12.5 Å². The molecule has 14 heavy (non-hydrogen) atoms. The second-order valence-electron chi connectivity index (χ2n) is 2.90. The van der Waals surface area contributed by atoms with Gasteiger partial charge in [-0.25, -0.2) is 4.98 Å². The summed E-state index contributed by atoms with van der Waals surface area (Å²) in [6.07, 6.45) is 3.50. The molecule has 2 rings (SSSR count). The van der Waals surface area contributed by atoms with Crippen molar-refractivity contribution in [3.05, 3.63) is 39.0 Å². The van der Waals surface area contributed by atoms with Crippen LogP contribution >= 0.6 is 27.3 Å². The van der Waals surface area contributed by atoms with E-state index in [0.717, 1.165) is 14.5 Å². The number of aliphatic hydroxyl groups is 1. The molecule has 0 radical (unpaired) electrons. The number of H-pyrrole nitrogens is 1. The molecule has 2 heterocycles. The van der Waals surface area contributed by atoms with Gasteiger partial charge in [0, 0.05) is 23.7 Å². The molecule has 0 fully saturated rings. The summed E-state index contributed by atoms with van der Waals surface area (Å²) in [6.45, 7) is 0. The molecule has 2 N–H and O–H groups in total. The zero-order valence-electron chi connectivity index (χ0n) is 7.27. The van der Waals surface area contributed by atoms with Gasteiger partial charge in [-0.2, -0.15) is 0 Å². The summed E-state index contributed by atoms with van der Waals surface area (Å²) in [7, 11) is 0. The molecule has 0 saturated carbocycles. The van der Waals surface area contributed by atoms with E-state index in [9.17, 15) is 5.11 Å². The van der Waals surface area contributed by atoms with Crippen LogP contribution < -0.4 is 0 Å². The average Bonchev–Trinajstić information content (AvgIpc) is 2.75. The number of rotatable bonds is 3. The fourth-order valence-corrected chi connectivity index (χ4v) is 2.61. The fourth-order valence-electron chi connectivity index (χ4n) is 1.20. The van der Waals surface area contributed by atoms with Crippen LogP contribution in [0.25, 0.3) is 0 Å². The second kappa shape index (κ2) is 4.25. The Labute approximate surface area is 93.9 Å². The standard InChI is InChI=1S/C9H9BrN2OS/c10-8-2-1-7(14-8)6(13)5-9-11-3-4-12-9/h1-4,6,13H,5H2,(H,11,12). The van der Waals surface area contributed by atoms with Gasteiger partial charge in [0.2, 0.25) is 0 Å². The Balaban J connectivity index is 2.06. The second-order valence-corrected chi connectivity index (χ2v) is 5.39. The third kappa shape index (κ3) is 2.23. The lowest BCUT2D eigenvalue weighted by Gasteiger charge is -2.05. The van der Waals surface area contributed by atoms with Crippen LogP contribution in [0.1, 0.15) is 16.8 Å². The zero-order valence-corrected chi connectivity index (χ0v) is 9.68. The largest absolute Gasteiger partial charge is 0.387 e. The number of nitrogens with zero attached hydrogens (tertiary/aromatic N) is 1. The molecule has 0 saturated heterocycles. The van der Waals surface area contributed by atoms with E-state index < -0.39 is 6.10 Å². The maximum Gasteiger partial charge on any atom is 0.108 e. The third-order valence-electron chi connectivity index (χ3n) is 1.86. The minimum absolute atomic E-state index is 0.475.